The third-order valence-electron chi connectivity index (χ3n) is 5.11. The predicted molar refractivity (Wildman–Crippen MR) is 142 cm³/mol. The predicted octanol–water partition coefficient (Wildman–Crippen LogP) is 4.35. The number of aromatic amines is 1. The van der Waals surface area contributed by atoms with E-state index < -0.39 is 5.97 Å². The minimum atomic E-state index is -1.07. The molecule has 0 aliphatic rings. The summed E-state index contributed by atoms with van der Waals surface area (Å²) in [6, 6.07) is 21.3. The van der Waals surface area contributed by atoms with Crippen molar-refractivity contribution in [2.24, 2.45) is 5.10 Å². The number of H-pyrrole nitrogens is 1. The molecule has 1 aromatic heterocycles. The Morgan fingerprint density at radius 2 is 1.86 bits per heavy atom. The van der Waals surface area contributed by atoms with Gasteiger partial charge in [-0.3, -0.25) is 4.79 Å². The number of hydrogen-bond donors (Lipinski definition) is 3. The van der Waals surface area contributed by atoms with Crippen LogP contribution >= 0.6 is 23.4 Å². The summed E-state index contributed by atoms with van der Waals surface area (Å²) in [6.45, 7) is 2.49. The number of thioether (sulfide) groups is 1. The largest absolute Gasteiger partial charge is 0.494 e. The number of carboxylic acid groups (broad SMARTS) is 1. The molecule has 0 unspecified atom stereocenters. The van der Waals surface area contributed by atoms with Gasteiger partial charge in [-0.05, 0) is 73.3 Å². The van der Waals surface area contributed by atoms with Gasteiger partial charge in [0.05, 0.1) is 34.8 Å². The molecule has 0 aliphatic heterocycles. The second-order valence-corrected chi connectivity index (χ2v) is 8.98. The van der Waals surface area contributed by atoms with Crippen LogP contribution in [0.3, 0.4) is 0 Å². The number of rotatable bonds is 10. The van der Waals surface area contributed by atoms with Crippen LogP contribution in [-0.2, 0) is 4.79 Å². The molecule has 3 aromatic carbocycles. The molecule has 9 nitrogen and oxygen atoms in total. The molecule has 37 heavy (non-hydrogen) atoms. The Morgan fingerprint density at radius 3 is 2.57 bits per heavy atom. The lowest BCUT2D eigenvalue weighted by Gasteiger charge is -2.06. The van der Waals surface area contributed by atoms with Crippen molar-refractivity contribution in [1.29, 1.82) is 0 Å². The highest BCUT2D eigenvalue weighted by atomic mass is 35.5. The maximum absolute atomic E-state index is 12.5. The number of aromatic carboxylic acids is 1. The Bertz CT molecular complexity index is 1420. The van der Waals surface area contributed by atoms with Gasteiger partial charge in [0, 0.05) is 10.6 Å². The number of nitrogens with zero attached hydrogens (tertiary/aromatic N) is 3. The molecule has 0 bridgehead atoms. The monoisotopic (exact) mass is 536 g/mol. The number of amides is 1. The van der Waals surface area contributed by atoms with E-state index in [0.29, 0.717) is 28.2 Å². The molecule has 188 valence electrons. The number of carboxylic acids is 1. The number of nitrogens with one attached hydrogen (secondary N) is 2. The number of hydrogen-bond acceptors (Lipinski definition) is 6. The number of hydrazone groups is 1. The fourth-order valence-corrected chi connectivity index (χ4v) is 4.32. The Labute approximate surface area is 222 Å². The van der Waals surface area contributed by atoms with Gasteiger partial charge in [-0.15, -0.1) is 5.10 Å². The van der Waals surface area contributed by atoms with Crippen molar-refractivity contribution < 1.29 is 24.0 Å². The minimum Gasteiger partial charge on any atom is -0.494 e. The van der Waals surface area contributed by atoms with Crippen LogP contribution in [0, 0.1) is 0 Å². The Balaban J connectivity index is 1.52. The van der Waals surface area contributed by atoms with Crippen molar-refractivity contribution in [3.63, 3.8) is 0 Å². The van der Waals surface area contributed by atoms with Crippen molar-refractivity contribution in [1.82, 2.24) is 15.6 Å². The van der Waals surface area contributed by atoms with E-state index in [0.717, 1.165) is 17.0 Å². The van der Waals surface area contributed by atoms with E-state index in [4.69, 9.17) is 16.3 Å². The highest BCUT2D eigenvalue weighted by molar-refractivity contribution is 7.99. The Kier molecular flexibility index (Phi) is 8.55. The van der Waals surface area contributed by atoms with Gasteiger partial charge in [-0.2, -0.15) is 9.67 Å². The molecule has 0 aliphatic carbocycles. The van der Waals surface area contributed by atoms with E-state index in [1.807, 2.05) is 47.9 Å². The smallest absolute Gasteiger partial charge is 0.342 e. The lowest BCUT2D eigenvalue weighted by molar-refractivity contribution is -0.625. The maximum Gasteiger partial charge on any atom is 0.342 e. The summed E-state index contributed by atoms with van der Waals surface area (Å²) in [5.74, 6) is 0.0484. The average Bonchev–Trinajstić information content (AvgIpc) is 3.32. The molecule has 1 heterocycles. The van der Waals surface area contributed by atoms with Gasteiger partial charge in [-0.1, -0.05) is 29.8 Å². The summed E-state index contributed by atoms with van der Waals surface area (Å²) in [7, 11) is 0. The van der Waals surface area contributed by atoms with Gasteiger partial charge < -0.3 is 9.84 Å². The maximum atomic E-state index is 12.5. The van der Waals surface area contributed by atoms with E-state index >= 15 is 0 Å². The van der Waals surface area contributed by atoms with Crippen molar-refractivity contribution >= 4 is 41.5 Å². The number of ether oxygens (including phenoxy) is 1. The number of halogens is 1. The van der Waals surface area contributed by atoms with Crippen LogP contribution < -0.4 is 14.7 Å². The van der Waals surface area contributed by atoms with E-state index in [2.05, 4.69) is 20.7 Å². The second-order valence-electron chi connectivity index (χ2n) is 7.60. The van der Waals surface area contributed by atoms with Crippen LogP contribution in [0.25, 0.3) is 17.1 Å². The summed E-state index contributed by atoms with van der Waals surface area (Å²) < 4.78 is 7.46. The lowest BCUT2D eigenvalue weighted by Crippen LogP contribution is -2.34. The van der Waals surface area contributed by atoms with Gasteiger partial charge in [0.25, 0.3) is 11.7 Å². The number of carbonyl (C=O) groups excluding carboxylic acids is 1. The van der Waals surface area contributed by atoms with Crippen molar-refractivity contribution in [2.75, 3.05) is 12.4 Å². The molecule has 0 saturated carbocycles. The molecule has 0 radical (unpaired) electrons. The van der Waals surface area contributed by atoms with Gasteiger partial charge in [0.1, 0.15) is 11.4 Å². The molecular formula is C26H23ClN5O4S+. The summed E-state index contributed by atoms with van der Waals surface area (Å²) >= 11 is 7.28. The van der Waals surface area contributed by atoms with Crippen LogP contribution in [-0.4, -0.2) is 45.8 Å². The fraction of sp³-hybridized carbons (Fsp3) is 0.115. The summed E-state index contributed by atoms with van der Waals surface area (Å²) in [5, 5.41) is 21.8. The second kappa shape index (κ2) is 12.2. The highest BCUT2D eigenvalue weighted by Gasteiger charge is 2.24. The first kappa shape index (κ1) is 25.9. The van der Waals surface area contributed by atoms with Crippen molar-refractivity contribution in [3.8, 4) is 22.8 Å². The van der Waals surface area contributed by atoms with E-state index in [1.165, 1.54) is 24.0 Å². The molecule has 0 fully saturated rings. The zero-order valence-electron chi connectivity index (χ0n) is 19.7. The zero-order chi connectivity index (χ0) is 26.2. The first-order valence-electron chi connectivity index (χ1n) is 11.2. The Morgan fingerprint density at radius 1 is 1.14 bits per heavy atom. The summed E-state index contributed by atoms with van der Waals surface area (Å²) in [5.41, 5.74) is 4.60. The molecule has 0 atom stereocenters. The van der Waals surface area contributed by atoms with Crippen LogP contribution in [0.1, 0.15) is 22.8 Å². The molecule has 3 N–H and O–H groups in total. The van der Waals surface area contributed by atoms with Crippen LogP contribution in [0.15, 0.2) is 83.1 Å². The normalized spacial score (nSPS) is 11.0. The van der Waals surface area contributed by atoms with Crippen molar-refractivity contribution in [3.05, 3.63) is 88.9 Å². The van der Waals surface area contributed by atoms with E-state index in [-0.39, 0.29) is 17.2 Å². The van der Waals surface area contributed by atoms with Crippen molar-refractivity contribution in [2.45, 2.75) is 12.1 Å². The molecule has 11 heteroatoms. The number of benzene rings is 3. The zero-order valence-corrected chi connectivity index (χ0v) is 21.3. The van der Waals surface area contributed by atoms with Crippen LogP contribution in [0.2, 0.25) is 5.02 Å². The van der Waals surface area contributed by atoms with E-state index in [9.17, 15) is 14.7 Å². The quantitative estimate of drug-likeness (QED) is 0.120. The first-order chi connectivity index (χ1) is 18.0. The average molecular weight is 537 g/mol. The number of aromatic nitrogens is 3. The van der Waals surface area contributed by atoms with Gasteiger partial charge in [0.15, 0.2) is 0 Å². The van der Waals surface area contributed by atoms with E-state index in [1.54, 1.807) is 30.3 Å². The third kappa shape index (κ3) is 6.54. The molecule has 4 aromatic rings. The summed E-state index contributed by atoms with van der Waals surface area (Å²) in [4.78, 5) is 23.8. The molecule has 4 rings (SSSR count). The fourth-order valence-electron chi connectivity index (χ4n) is 3.43. The molecule has 1 amide bonds. The van der Waals surface area contributed by atoms with Crippen LogP contribution in [0.4, 0.5) is 0 Å². The topological polar surface area (TPSA) is 121 Å². The lowest BCUT2D eigenvalue weighted by atomic mass is 10.1. The highest BCUT2D eigenvalue weighted by Crippen LogP contribution is 2.23. The first-order valence-corrected chi connectivity index (χ1v) is 12.6. The standard InChI is InChI=1S/C26H22ClN5O4S/c1-2-36-21-13-11-20(12-14-21)32-24(17-7-9-19(27)10-8-17)30-31-26(32)37-16-23(33)29-28-15-18-5-3-4-6-22(18)25(34)35/h3-15H,2,16H2,1H3,(H2,29,33,34,35)/p+1. The molecular weight excluding hydrogens is 514 g/mol. The van der Waals surface area contributed by atoms with Gasteiger partial charge in [-0.25, -0.2) is 10.2 Å². The summed E-state index contributed by atoms with van der Waals surface area (Å²) in [6.07, 6.45) is 1.30. The Hall–Kier alpha value is -4.15. The number of carbonyl (C=O) groups is 2. The van der Waals surface area contributed by atoms with Crippen LogP contribution in [0.5, 0.6) is 5.75 Å². The van der Waals surface area contributed by atoms with Gasteiger partial charge >= 0.3 is 11.1 Å². The van der Waals surface area contributed by atoms with Gasteiger partial charge in [0.2, 0.25) is 0 Å². The molecule has 0 spiro atoms. The minimum absolute atomic E-state index is 0.0276. The molecule has 0 saturated heterocycles. The third-order valence-corrected chi connectivity index (χ3v) is 6.30. The SMILES string of the molecule is CCOc1ccc(-[n+]2c(SCC(=O)NN=Cc3ccccc3C(=O)O)n[nH]c2-c2ccc(Cl)cc2)cc1.